The second kappa shape index (κ2) is 7.09. The third-order valence-corrected chi connectivity index (χ3v) is 2.25. The summed E-state index contributed by atoms with van der Waals surface area (Å²) in [6.07, 6.45) is 0.427. The number of hydrogen-bond donors (Lipinski definition) is 3. The van der Waals surface area contributed by atoms with Crippen molar-refractivity contribution in [3.05, 3.63) is 29.3 Å². The number of amides is 2. The van der Waals surface area contributed by atoms with E-state index in [2.05, 4.69) is 22.5 Å². The van der Waals surface area contributed by atoms with Crippen LogP contribution < -0.4 is 10.6 Å². The molecule has 0 bridgehead atoms. The van der Waals surface area contributed by atoms with Gasteiger partial charge in [0, 0.05) is 19.0 Å². The predicted octanol–water partition coefficient (Wildman–Crippen LogP) is 2.20. The van der Waals surface area contributed by atoms with Gasteiger partial charge in [0.05, 0.1) is 11.3 Å². The van der Waals surface area contributed by atoms with Gasteiger partial charge in [0.2, 0.25) is 0 Å². The number of rotatable bonds is 4. The van der Waals surface area contributed by atoms with Gasteiger partial charge in [0.1, 0.15) is 11.6 Å². The van der Waals surface area contributed by atoms with Crippen LogP contribution in [0, 0.1) is 23.5 Å². The maximum absolute atomic E-state index is 13.4. The largest absolute Gasteiger partial charge is 0.478 e. The lowest BCUT2D eigenvalue weighted by Gasteiger charge is -2.08. The minimum atomic E-state index is -1.55. The molecule has 1 aromatic carbocycles. The van der Waals surface area contributed by atoms with Gasteiger partial charge >= 0.3 is 12.0 Å². The van der Waals surface area contributed by atoms with Gasteiger partial charge in [-0.05, 0) is 13.0 Å². The molecule has 0 saturated carbocycles. The summed E-state index contributed by atoms with van der Waals surface area (Å²) in [7, 11) is 0. The molecular formula is C13H12F2N2O3. The molecule has 3 N–H and O–H groups in total. The van der Waals surface area contributed by atoms with Crippen molar-refractivity contribution in [3.63, 3.8) is 0 Å². The van der Waals surface area contributed by atoms with Crippen LogP contribution in [0.2, 0.25) is 0 Å². The summed E-state index contributed by atoms with van der Waals surface area (Å²) in [6.45, 7) is 1.91. The van der Waals surface area contributed by atoms with Crippen molar-refractivity contribution in [1.82, 2.24) is 5.32 Å². The second-order valence-corrected chi connectivity index (χ2v) is 3.67. The quantitative estimate of drug-likeness (QED) is 0.585. The number of urea groups is 1. The van der Waals surface area contributed by atoms with E-state index < -0.39 is 34.9 Å². The Morgan fingerprint density at radius 3 is 2.60 bits per heavy atom. The first-order chi connectivity index (χ1) is 9.45. The molecule has 0 aliphatic carbocycles. The first-order valence-corrected chi connectivity index (χ1v) is 5.62. The summed E-state index contributed by atoms with van der Waals surface area (Å²) in [4.78, 5) is 22.1. The molecule has 0 aliphatic heterocycles. The van der Waals surface area contributed by atoms with Gasteiger partial charge in [-0.1, -0.05) is 0 Å². The maximum atomic E-state index is 13.4. The average molecular weight is 282 g/mol. The predicted molar refractivity (Wildman–Crippen MR) is 68.4 cm³/mol. The standard InChI is InChI=1S/C13H12F2N2O3/c1-2-3-4-5-16-13(20)17-11-6-8(12(18)19)9(14)7-10(11)15/h6-7H,4-5H2,1H3,(H,18,19)(H2,16,17,20). The minimum absolute atomic E-state index is 0.251. The topological polar surface area (TPSA) is 78.4 Å². The zero-order valence-corrected chi connectivity index (χ0v) is 10.6. The fourth-order valence-electron chi connectivity index (χ4n) is 1.34. The minimum Gasteiger partial charge on any atom is -0.478 e. The first-order valence-electron chi connectivity index (χ1n) is 5.62. The van der Waals surface area contributed by atoms with E-state index in [9.17, 15) is 18.4 Å². The van der Waals surface area contributed by atoms with E-state index in [-0.39, 0.29) is 6.54 Å². The van der Waals surface area contributed by atoms with Gasteiger partial charge in [0.25, 0.3) is 0 Å². The van der Waals surface area contributed by atoms with Crippen LogP contribution in [-0.4, -0.2) is 23.7 Å². The Bertz CT molecular complexity index is 591. The van der Waals surface area contributed by atoms with E-state index >= 15 is 0 Å². The van der Waals surface area contributed by atoms with Gasteiger partial charge in [0.15, 0.2) is 0 Å². The molecule has 0 heterocycles. The lowest BCUT2D eigenvalue weighted by Crippen LogP contribution is -2.29. The number of halogens is 2. The summed E-state index contributed by atoms with van der Waals surface area (Å²) in [5.41, 5.74) is -1.14. The van der Waals surface area contributed by atoms with Gasteiger partial charge in [-0.15, -0.1) is 11.8 Å². The highest BCUT2D eigenvalue weighted by molar-refractivity contribution is 5.93. The van der Waals surface area contributed by atoms with Gasteiger partial charge in [-0.25, -0.2) is 18.4 Å². The van der Waals surface area contributed by atoms with Crippen LogP contribution in [0.3, 0.4) is 0 Å². The molecule has 1 rings (SSSR count). The second-order valence-electron chi connectivity index (χ2n) is 3.67. The number of carbonyl (C=O) groups is 2. The maximum Gasteiger partial charge on any atom is 0.338 e. The Morgan fingerprint density at radius 1 is 1.30 bits per heavy atom. The number of hydrogen-bond acceptors (Lipinski definition) is 2. The Morgan fingerprint density at radius 2 is 2.00 bits per heavy atom. The van der Waals surface area contributed by atoms with Crippen molar-refractivity contribution in [3.8, 4) is 11.8 Å². The number of carboxylic acids is 1. The van der Waals surface area contributed by atoms with E-state index in [1.54, 1.807) is 6.92 Å². The molecular weight excluding hydrogens is 270 g/mol. The first kappa shape index (κ1) is 15.4. The summed E-state index contributed by atoms with van der Waals surface area (Å²) < 4.78 is 26.5. The SMILES string of the molecule is CC#CCCNC(=O)Nc1cc(C(=O)O)c(F)cc1F. The van der Waals surface area contributed by atoms with E-state index in [1.165, 1.54) is 0 Å². The summed E-state index contributed by atoms with van der Waals surface area (Å²) >= 11 is 0. The van der Waals surface area contributed by atoms with Gasteiger partial charge in [-0.2, -0.15) is 0 Å². The molecule has 0 spiro atoms. The smallest absolute Gasteiger partial charge is 0.338 e. The fourth-order valence-corrected chi connectivity index (χ4v) is 1.34. The highest BCUT2D eigenvalue weighted by Crippen LogP contribution is 2.19. The number of carbonyl (C=O) groups excluding carboxylic acids is 1. The van der Waals surface area contributed by atoms with E-state index in [0.717, 1.165) is 6.07 Å². The molecule has 1 aromatic rings. The van der Waals surface area contributed by atoms with Crippen molar-refractivity contribution >= 4 is 17.7 Å². The van der Waals surface area contributed by atoms with Crippen LogP contribution >= 0.6 is 0 Å². The van der Waals surface area contributed by atoms with E-state index in [4.69, 9.17) is 5.11 Å². The molecule has 0 atom stereocenters. The van der Waals surface area contributed by atoms with Crippen LogP contribution in [0.1, 0.15) is 23.7 Å². The lowest BCUT2D eigenvalue weighted by molar-refractivity contribution is 0.0692. The van der Waals surface area contributed by atoms with Crippen LogP contribution in [0.25, 0.3) is 0 Å². The molecule has 20 heavy (non-hydrogen) atoms. The zero-order valence-electron chi connectivity index (χ0n) is 10.6. The number of nitrogens with one attached hydrogen (secondary N) is 2. The van der Waals surface area contributed by atoms with Crippen LogP contribution in [0.5, 0.6) is 0 Å². The zero-order chi connectivity index (χ0) is 15.1. The average Bonchev–Trinajstić information content (AvgIpc) is 2.37. The molecule has 5 nitrogen and oxygen atoms in total. The Labute approximate surface area is 114 Å². The molecule has 106 valence electrons. The summed E-state index contributed by atoms with van der Waals surface area (Å²) in [5.74, 6) is 1.53. The fraction of sp³-hybridized carbons (Fsp3) is 0.231. The van der Waals surface area contributed by atoms with Crippen molar-refractivity contribution in [2.45, 2.75) is 13.3 Å². The lowest BCUT2D eigenvalue weighted by atomic mass is 10.2. The van der Waals surface area contributed by atoms with E-state index in [0.29, 0.717) is 12.5 Å². The molecule has 0 saturated heterocycles. The monoisotopic (exact) mass is 282 g/mol. The number of anilines is 1. The van der Waals surface area contributed by atoms with Crippen LogP contribution in [0.4, 0.5) is 19.3 Å². The van der Waals surface area contributed by atoms with Crippen molar-refractivity contribution in [1.29, 1.82) is 0 Å². The third kappa shape index (κ3) is 4.24. The Kier molecular flexibility index (Phi) is 5.47. The molecule has 2 amide bonds. The number of carboxylic acid groups (broad SMARTS) is 1. The highest BCUT2D eigenvalue weighted by Gasteiger charge is 2.16. The van der Waals surface area contributed by atoms with Gasteiger partial charge < -0.3 is 15.7 Å². The Balaban J connectivity index is 2.76. The van der Waals surface area contributed by atoms with Crippen LogP contribution in [0.15, 0.2) is 12.1 Å². The molecule has 0 aromatic heterocycles. The van der Waals surface area contributed by atoms with E-state index in [1.807, 2.05) is 0 Å². The van der Waals surface area contributed by atoms with Crippen molar-refractivity contribution < 1.29 is 23.5 Å². The third-order valence-electron chi connectivity index (χ3n) is 2.25. The number of benzene rings is 1. The van der Waals surface area contributed by atoms with Crippen LogP contribution in [-0.2, 0) is 0 Å². The highest BCUT2D eigenvalue weighted by atomic mass is 19.1. The summed E-state index contributed by atoms with van der Waals surface area (Å²) in [5, 5.41) is 13.2. The molecule has 0 fully saturated rings. The molecule has 0 unspecified atom stereocenters. The van der Waals surface area contributed by atoms with Gasteiger partial charge in [-0.3, -0.25) is 0 Å². The Hall–Kier alpha value is -2.62. The molecule has 7 heteroatoms. The van der Waals surface area contributed by atoms with Crippen molar-refractivity contribution in [2.24, 2.45) is 0 Å². The van der Waals surface area contributed by atoms with Crippen molar-refractivity contribution in [2.75, 3.05) is 11.9 Å². The normalized spacial score (nSPS) is 9.35. The number of aromatic carboxylic acids is 1. The molecule has 0 aliphatic rings. The molecule has 0 radical (unpaired) electrons. The summed E-state index contributed by atoms with van der Waals surface area (Å²) in [6, 6.07) is 0.393.